The molecule has 0 saturated heterocycles. The molecule has 0 aliphatic heterocycles. The Kier molecular flexibility index (Phi) is 5.07. The van der Waals surface area contributed by atoms with Gasteiger partial charge in [0, 0.05) is 18.7 Å². The van der Waals surface area contributed by atoms with Gasteiger partial charge >= 0.3 is 5.97 Å². The first-order valence-corrected chi connectivity index (χ1v) is 7.47. The second-order valence-corrected chi connectivity index (χ2v) is 5.57. The lowest BCUT2D eigenvalue weighted by Gasteiger charge is -2.25. The van der Waals surface area contributed by atoms with Gasteiger partial charge in [-0.1, -0.05) is 31.0 Å². The van der Waals surface area contributed by atoms with Crippen molar-refractivity contribution in [3.05, 3.63) is 34.9 Å². The van der Waals surface area contributed by atoms with Crippen LogP contribution in [0.5, 0.6) is 0 Å². The Morgan fingerprint density at radius 2 is 2.25 bits per heavy atom. The molecule has 0 amide bonds. The standard InChI is InChI=1S/C16H20ClNO2/c1-2-3-10-18(13-6-7-13)15-8-4-12(11-14(15)17)5-9-16(19)20/h4-5,8-9,11,13H,2-3,6-7,10H2,1H3,(H,19,20)/b9-5+. The van der Waals surface area contributed by atoms with E-state index in [2.05, 4.69) is 11.8 Å². The maximum absolute atomic E-state index is 10.5. The largest absolute Gasteiger partial charge is 0.478 e. The molecule has 2 rings (SSSR count). The van der Waals surface area contributed by atoms with Crippen molar-refractivity contribution >= 4 is 29.3 Å². The summed E-state index contributed by atoms with van der Waals surface area (Å²) in [6.45, 7) is 3.22. The Morgan fingerprint density at radius 1 is 1.50 bits per heavy atom. The molecule has 1 saturated carbocycles. The Balaban J connectivity index is 2.16. The first kappa shape index (κ1) is 14.9. The van der Waals surface area contributed by atoms with Crippen LogP contribution in [0.15, 0.2) is 24.3 Å². The van der Waals surface area contributed by atoms with Gasteiger partial charge in [0.15, 0.2) is 0 Å². The highest BCUT2D eigenvalue weighted by Gasteiger charge is 2.29. The smallest absolute Gasteiger partial charge is 0.328 e. The van der Waals surface area contributed by atoms with Gasteiger partial charge in [-0.3, -0.25) is 0 Å². The first-order chi connectivity index (χ1) is 9.61. The van der Waals surface area contributed by atoms with Crippen molar-refractivity contribution in [2.24, 2.45) is 0 Å². The lowest BCUT2D eigenvalue weighted by Crippen LogP contribution is -2.27. The summed E-state index contributed by atoms with van der Waals surface area (Å²) in [5.74, 6) is -0.951. The molecule has 1 fully saturated rings. The number of nitrogens with zero attached hydrogens (tertiary/aromatic N) is 1. The SMILES string of the molecule is CCCCN(c1ccc(/C=C/C(=O)O)cc1Cl)C1CC1. The van der Waals surface area contributed by atoms with Crippen LogP contribution in [0.4, 0.5) is 5.69 Å². The van der Waals surface area contributed by atoms with Crippen molar-refractivity contribution in [1.29, 1.82) is 0 Å². The monoisotopic (exact) mass is 293 g/mol. The van der Waals surface area contributed by atoms with E-state index in [0.717, 1.165) is 30.3 Å². The van der Waals surface area contributed by atoms with E-state index in [-0.39, 0.29) is 0 Å². The third-order valence-corrected chi connectivity index (χ3v) is 3.74. The van der Waals surface area contributed by atoms with E-state index < -0.39 is 5.97 Å². The van der Waals surface area contributed by atoms with Crippen LogP contribution in [0.3, 0.4) is 0 Å². The number of rotatable bonds is 7. The minimum absolute atomic E-state index is 0.625. The minimum Gasteiger partial charge on any atom is -0.478 e. The molecule has 1 N–H and O–H groups in total. The summed E-state index contributed by atoms with van der Waals surface area (Å²) in [5.41, 5.74) is 1.88. The summed E-state index contributed by atoms with van der Waals surface area (Å²) in [6.07, 6.45) is 7.49. The van der Waals surface area contributed by atoms with Crippen molar-refractivity contribution in [1.82, 2.24) is 0 Å². The Hall–Kier alpha value is -1.48. The lowest BCUT2D eigenvalue weighted by atomic mass is 10.1. The van der Waals surface area contributed by atoms with Crippen LogP contribution in [0.2, 0.25) is 5.02 Å². The van der Waals surface area contributed by atoms with Gasteiger partial charge in [-0.2, -0.15) is 0 Å². The first-order valence-electron chi connectivity index (χ1n) is 7.09. The Labute approximate surface area is 124 Å². The van der Waals surface area contributed by atoms with Crippen molar-refractivity contribution in [3.8, 4) is 0 Å². The molecule has 0 atom stereocenters. The predicted molar refractivity (Wildman–Crippen MR) is 83.4 cm³/mol. The summed E-state index contributed by atoms with van der Waals surface area (Å²) >= 11 is 6.37. The summed E-state index contributed by atoms with van der Waals surface area (Å²) < 4.78 is 0. The Morgan fingerprint density at radius 3 is 2.80 bits per heavy atom. The number of halogens is 1. The van der Waals surface area contributed by atoms with E-state index >= 15 is 0 Å². The molecule has 1 aliphatic rings. The zero-order valence-corrected chi connectivity index (χ0v) is 12.4. The molecule has 0 unspecified atom stereocenters. The second kappa shape index (κ2) is 6.80. The molecule has 3 nitrogen and oxygen atoms in total. The molecule has 0 radical (unpaired) electrons. The predicted octanol–water partition coefficient (Wildman–Crippen LogP) is 4.21. The van der Waals surface area contributed by atoms with E-state index in [9.17, 15) is 4.79 Å². The lowest BCUT2D eigenvalue weighted by molar-refractivity contribution is -0.131. The average Bonchev–Trinajstić information content (AvgIpc) is 3.23. The highest BCUT2D eigenvalue weighted by molar-refractivity contribution is 6.33. The summed E-state index contributed by atoms with van der Waals surface area (Å²) in [4.78, 5) is 12.9. The number of carbonyl (C=O) groups is 1. The molecule has 0 spiro atoms. The molecule has 1 aromatic carbocycles. The third kappa shape index (κ3) is 4.01. The van der Waals surface area contributed by atoms with Gasteiger partial charge in [0.05, 0.1) is 10.7 Å². The van der Waals surface area contributed by atoms with Crippen LogP contribution < -0.4 is 4.90 Å². The van der Waals surface area contributed by atoms with Crippen LogP contribution in [-0.4, -0.2) is 23.7 Å². The molecule has 108 valence electrons. The number of carboxylic acid groups (broad SMARTS) is 1. The molecule has 1 aliphatic carbocycles. The van der Waals surface area contributed by atoms with Crippen LogP contribution >= 0.6 is 11.6 Å². The number of benzene rings is 1. The van der Waals surface area contributed by atoms with Crippen LogP contribution in [0.25, 0.3) is 6.08 Å². The van der Waals surface area contributed by atoms with Crippen molar-refractivity contribution < 1.29 is 9.90 Å². The van der Waals surface area contributed by atoms with Crippen molar-refractivity contribution in [3.63, 3.8) is 0 Å². The van der Waals surface area contributed by atoms with E-state index in [1.54, 1.807) is 6.08 Å². The van der Waals surface area contributed by atoms with Crippen LogP contribution in [0.1, 0.15) is 38.2 Å². The van der Waals surface area contributed by atoms with Gasteiger partial charge in [0.25, 0.3) is 0 Å². The maximum atomic E-state index is 10.5. The number of carboxylic acids is 1. The fourth-order valence-electron chi connectivity index (χ4n) is 2.24. The number of unbranched alkanes of at least 4 members (excludes halogenated alkanes) is 1. The van der Waals surface area contributed by atoms with Gasteiger partial charge in [-0.05, 0) is 43.0 Å². The van der Waals surface area contributed by atoms with Crippen LogP contribution in [0, 0.1) is 0 Å². The molecule has 20 heavy (non-hydrogen) atoms. The summed E-state index contributed by atoms with van der Waals surface area (Å²) in [7, 11) is 0. The van der Waals surface area contributed by atoms with Crippen molar-refractivity contribution in [2.75, 3.05) is 11.4 Å². The molecule has 4 heteroatoms. The maximum Gasteiger partial charge on any atom is 0.328 e. The van der Waals surface area contributed by atoms with E-state index in [1.807, 2.05) is 18.2 Å². The van der Waals surface area contributed by atoms with Gasteiger partial charge in [-0.25, -0.2) is 4.79 Å². The highest BCUT2D eigenvalue weighted by atomic mass is 35.5. The zero-order valence-electron chi connectivity index (χ0n) is 11.7. The zero-order chi connectivity index (χ0) is 14.5. The van der Waals surface area contributed by atoms with Gasteiger partial charge in [0.2, 0.25) is 0 Å². The molecule has 0 bridgehead atoms. The normalized spacial score (nSPS) is 14.7. The molecule has 0 heterocycles. The summed E-state index contributed by atoms with van der Waals surface area (Å²) in [5, 5.41) is 9.33. The number of aliphatic carboxylic acids is 1. The van der Waals surface area contributed by atoms with E-state index in [0.29, 0.717) is 11.1 Å². The minimum atomic E-state index is -0.951. The van der Waals surface area contributed by atoms with Crippen molar-refractivity contribution in [2.45, 2.75) is 38.6 Å². The quantitative estimate of drug-likeness (QED) is 0.766. The average molecular weight is 294 g/mol. The topological polar surface area (TPSA) is 40.5 Å². The fraction of sp³-hybridized carbons (Fsp3) is 0.438. The number of anilines is 1. The molecule has 0 aromatic heterocycles. The van der Waals surface area contributed by atoms with Gasteiger partial charge in [0.1, 0.15) is 0 Å². The Bertz CT molecular complexity index is 509. The van der Waals surface area contributed by atoms with Gasteiger partial charge in [-0.15, -0.1) is 0 Å². The van der Waals surface area contributed by atoms with Crippen LogP contribution in [-0.2, 0) is 4.79 Å². The number of hydrogen-bond acceptors (Lipinski definition) is 2. The third-order valence-electron chi connectivity index (χ3n) is 3.44. The van der Waals surface area contributed by atoms with E-state index in [4.69, 9.17) is 16.7 Å². The fourth-order valence-corrected chi connectivity index (χ4v) is 2.54. The van der Waals surface area contributed by atoms with E-state index in [1.165, 1.54) is 19.3 Å². The van der Waals surface area contributed by atoms with Gasteiger partial charge < -0.3 is 10.0 Å². The molecular weight excluding hydrogens is 274 g/mol. The molecule has 1 aromatic rings. The molecular formula is C16H20ClNO2. The summed E-state index contributed by atoms with van der Waals surface area (Å²) in [6, 6.07) is 6.37. The highest BCUT2D eigenvalue weighted by Crippen LogP contribution is 2.36. The number of hydrogen-bond donors (Lipinski definition) is 1. The second-order valence-electron chi connectivity index (χ2n) is 5.16.